The van der Waals surface area contributed by atoms with E-state index >= 15 is 0 Å². The number of hydrogen-bond acceptors (Lipinski definition) is 2. The lowest BCUT2D eigenvalue weighted by atomic mass is 9.91. The molecule has 1 fully saturated rings. The Kier molecular flexibility index (Phi) is 6.26. The van der Waals surface area contributed by atoms with E-state index in [1.54, 1.807) is 0 Å². The van der Waals surface area contributed by atoms with Gasteiger partial charge in [-0.1, -0.05) is 32.6 Å². The predicted octanol–water partition coefficient (Wildman–Crippen LogP) is 2.66. The number of aliphatic hydroxyl groups is 1. The van der Waals surface area contributed by atoms with E-state index in [0.29, 0.717) is 6.61 Å². The van der Waals surface area contributed by atoms with Crippen molar-refractivity contribution in [2.24, 2.45) is 5.92 Å². The highest BCUT2D eigenvalue weighted by atomic mass is 16.3. The van der Waals surface area contributed by atoms with Crippen LogP contribution in [-0.4, -0.2) is 36.2 Å². The fourth-order valence-corrected chi connectivity index (χ4v) is 2.91. The van der Waals surface area contributed by atoms with Crippen molar-refractivity contribution in [2.45, 2.75) is 57.9 Å². The highest BCUT2D eigenvalue weighted by Crippen LogP contribution is 2.28. The standard InChI is InChI=1S/C13H27NO/c1-3-12-8-5-4-6-9-13(12)14(2)10-7-11-15/h12-13,15H,3-11H2,1-2H3. The Hall–Kier alpha value is -0.0800. The number of nitrogens with zero attached hydrogens (tertiary/aromatic N) is 1. The number of rotatable bonds is 5. The van der Waals surface area contributed by atoms with Gasteiger partial charge in [0.15, 0.2) is 0 Å². The molecule has 15 heavy (non-hydrogen) atoms. The lowest BCUT2D eigenvalue weighted by Crippen LogP contribution is -2.38. The summed E-state index contributed by atoms with van der Waals surface area (Å²) in [6.07, 6.45) is 9.23. The Bertz CT molecular complexity index is 161. The molecule has 2 atom stereocenters. The third-order valence-corrected chi connectivity index (χ3v) is 3.88. The van der Waals surface area contributed by atoms with Gasteiger partial charge in [-0.2, -0.15) is 0 Å². The van der Waals surface area contributed by atoms with Crippen LogP contribution in [0.2, 0.25) is 0 Å². The Balaban J connectivity index is 2.45. The van der Waals surface area contributed by atoms with Gasteiger partial charge in [0.05, 0.1) is 0 Å². The van der Waals surface area contributed by atoms with Crippen molar-refractivity contribution in [3.05, 3.63) is 0 Å². The van der Waals surface area contributed by atoms with E-state index in [0.717, 1.165) is 24.9 Å². The molecule has 0 heterocycles. The zero-order valence-corrected chi connectivity index (χ0v) is 10.4. The summed E-state index contributed by atoms with van der Waals surface area (Å²) in [6, 6.07) is 0.768. The Morgan fingerprint density at radius 1 is 1.20 bits per heavy atom. The smallest absolute Gasteiger partial charge is 0.0443 e. The van der Waals surface area contributed by atoms with Gasteiger partial charge in [-0.15, -0.1) is 0 Å². The second kappa shape index (κ2) is 7.24. The predicted molar refractivity (Wildman–Crippen MR) is 65.0 cm³/mol. The van der Waals surface area contributed by atoms with Crippen molar-refractivity contribution < 1.29 is 5.11 Å². The third-order valence-electron chi connectivity index (χ3n) is 3.88. The maximum Gasteiger partial charge on any atom is 0.0443 e. The molecule has 1 N–H and O–H groups in total. The first-order valence-corrected chi connectivity index (χ1v) is 6.60. The molecule has 0 spiro atoms. The summed E-state index contributed by atoms with van der Waals surface area (Å²) in [5, 5.41) is 8.87. The van der Waals surface area contributed by atoms with Crippen LogP contribution in [0.1, 0.15) is 51.9 Å². The Morgan fingerprint density at radius 2 is 1.93 bits per heavy atom. The minimum absolute atomic E-state index is 0.327. The molecule has 1 saturated carbocycles. The largest absolute Gasteiger partial charge is 0.396 e. The summed E-state index contributed by atoms with van der Waals surface area (Å²) < 4.78 is 0. The lowest BCUT2D eigenvalue weighted by molar-refractivity contribution is 0.148. The van der Waals surface area contributed by atoms with Crippen LogP contribution >= 0.6 is 0 Å². The van der Waals surface area contributed by atoms with Crippen LogP contribution in [0.25, 0.3) is 0 Å². The number of hydrogen-bond donors (Lipinski definition) is 1. The third kappa shape index (κ3) is 4.12. The minimum atomic E-state index is 0.327. The van der Waals surface area contributed by atoms with Crippen LogP contribution in [0, 0.1) is 5.92 Å². The number of aliphatic hydroxyl groups excluding tert-OH is 1. The van der Waals surface area contributed by atoms with Crippen molar-refractivity contribution in [2.75, 3.05) is 20.2 Å². The molecule has 1 rings (SSSR count). The quantitative estimate of drug-likeness (QED) is 0.710. The molecule has 1 aliphatic rings. The molecule has 0 aromatic carbocycles. The van der Waals surface area contributed by atoms with Crippen LogP contribution in [-0.2, 0) is 0 Å². The van der Waals surface area contributed by atoms with E-state index in [4.69, 9.17) is 5.11 Å². The van der Waals surface area contributed by atoms with Gasteiger partial charge >= 0.3 is 0 Å². The maximum absolute atomic E-state index is 8.87. The van der Waals surface area contributed by atoms with Crippen LogP contribution in [0.15, 0.2) is 0 Å². The molecule has 90 valence electrons. The fraction of sp³-hybridized carbons (Fsp3) is 1.00. The lowest BCUT2D eigenvalue weighted by Gasteiger charge is -2.33. The van der Waals surface area contributed by atoms with Gasteiger partial charge in [-0.3, -0.25) is 0 Å². The molecule has 2 heteroatoms. The van der Waals surface area contributed by atoms with Crippen molar-refractivity contribution in [3.8, 4) is 0 Å². The molecule has 0 aromatic heterocycles. The van der Waals surface area contributed by atoms with E-state index in [1.807, 2.05) is 0 Å². The SMILES string of the molecule is CCC1CCCCCC1N(C)CCCO. The summed E-state index contributed by atoms with van der Waals surface area (Å²) in [5.74, 6) is 0.885. The van der Waals surface area contributed by atoms with Gasteiger partial charge in [-0.25, -0.2) is 0 Å². The van der Waals surface area contributed by atoms with E-state index in [1.165, 1.54) is 38.5 Å². The molecule has 2 unspecified atom stereocenters. The normalized spacial score (nSPS) is 28.0. The highest BCUT2D eigenvalue weighted by Gasteiger charge is 2.25. The summed E-state index contributed by atoms with van der Waals surface area (Å²) in [5.41, 5.74) is 0. The van der Waals surface area contributed by atoms with Crippen molar-refractivity contribution in [3.63, 3.8) is 0 Å². The van der Waals surface area contributed by atoms with Crippen LogP contribution in [0.3, 0.4) is 0 Å². The Labute approximate surface area is 94.7 Å². The average molecular weight is 213 g/mol. The van der Waals surface area contributed by atoms with Crippen molar-refractivity contribution in [1.29, 1.82) is 0 Å². The molecular weight excluding hydrogens is 186 g/mol. The second-order valence-electron chi connectivity index (χ2n) is 4.93. The van der Waals surface area contributed by atoms with Gasteiger partial charge in [-0.05, 0) is 32.2 Å². The summed E-state index contributed by atoms with van der Waals surface area (Å²) >= 11 is 0. The first-order valence-electron chi connectivity index (χ1n) is 6.60. The second-order valence-corrected chi connectivity index (χ2v) is 4.93. The summed E-state index contributed by atoms with van der Waals surface area (Å²) in [6.45, 7) is 3.70. The first kappa shape index (κ1) is 13.0. The van der Waals surface area contributed by atoms with Gasteiger partial charge < -0.3 is 10.0 Å². The first-order chi connectivity index (χ1) is 7.29. The van der Waals surface area contributed by atoms with Gasteiger partial charge in [0.1, 0.15) is 0 Å². The van der Waals surface area contributed by atoms with Crippen molar-refractivity contribution >= 4 is 0 Å². The molecule has 0 aromatic rings. The summed E-state index contributed by atoms with van der Waals surface area (Å²) in [4.78, 5) is 2.48. The molecule has 0 amide bonds. The van der Waals surface area contributed by atoms with Crippen LogP contribution < -0.4 is 0 Å². The average Bonchev–Trinajstić information content (AvgIpc) is 2.50. The topological polar surface area (TPSA) is 23.5 Å². The van der Waals surface area contributed by atoms with Crippen LogP contribution in [0.4, 0.5) is 0 Å². The minimum Gasteiger partial charge on any atom is -0.396 e. The molecule has 0 saturated heterocycles. The van der Waals surface area contributed by atoms with Gasteiger partial charge in [0, 0.05) is 19.2 Å². The summed E-state index contributed by atoms with van der Waals surface area (Å²) in [7, 11) is 2.23. The molecule has 1 aliphatic carbocycles. The molecular formula is C13H27NO. The van der Waals surface area contributed by atoms with Gasteiger partial charge in [0.25, 0.3) is 0 Å². The highest BCUT2D eigenvalue weighted by molar-refractivity contribution is 4.79. The van der Waals surface area contributed by atoms with Crippen LogP contribution in [0.5, 0.6) is 0 Å². The van der Waals surface area contributed by atoms with Crippen molar-refractivity contribution in [1.82, 2.24) is 4.90 Å². The van der Waals surface area contributed by atoms with E-state index < -0.39 is 0 Å². The molecule has 0 radical (unpaired) electrons. The monoisotopic (exact) mass is 213 g/mol. The van der Waals surface area contributed by atoms with E-state index in [9.17, 15) is 0 Å². The van der Waals surface area contributed by atoms with E-state index in [-0.39, 0.29) is 0 Å². The molecule has 0 aliphatic heterocycles. The molecule has 2 nitrogen and oxygen atoms in total. The van der Waals surface area contributed by atoms with Gasteiger partial charge in [0.2, 0.25) is 0 Å². The zero-order valence-electron chi connectivity index (χ0n) is 10.4. The Morgan fingerprint density at radius 3 is 2.60 bits per heavy atom. The van der Waals surface area contributed by atoms with E-state index in [2.05, 4.69) is 18.9 Å². The fourth-order valence-electron chi connectivity index (χ4n) is 2.91. The maximum atomic E-state index is 8.87. The molecule has 0 bridgehead atoms. The zero-order chi connectivity index (χ0) is 11.1.